The number of rotatable bonds is 3. The zero-order valence-corrected chi connectivity index (χ0v) is 8.60. The highest BCUT2D eigenvalue weighted by molar-refractivity contribution is 5.37. The predicted molar refractivity (Wildman–Crippen MR) is 51.6 cm³/mol. The Kier molecular flexibility index (Phi) is 3.44. The summed E-state index contributed by atoms with van der Waals surface area (Å²) in [6.45, 7) is 5.90. The number of halogens is 2. The molecule has 14 heavy (non-hydrogen) atoms. The number of hydrogen-bond donors (Lipinski definition) is 0. The second kappa shape index (κ2) is 4.40. The predicted octanol–water partition coefficient (Wildman–Crippen LogP) is 3.49. The molecule has 78 valence electrons. The normalized spacial score (nSPS) is 10.7. The van der Waals surface area contributed by atoms with E-state index >= 15 is 0 Å². The minimum Gasteiger partial charge on any atom is -0.490 e. The molecule has 0 fully saturated rings. The highest BCUT2D eigenvalue weighted by Crippen LogP contribution is 2.30. The van der Waals surface area contributed by atoms with Gasteiger partial charge in [0.2, 0.25) is 5.82 Å². The average Bonchev–Trinajstić information content (AvgIpc) is 2.13. The molecule has 0 aliphatic heterocycles. The van der Waals surface area contributed by atoms with Gasteiger partial charge in [0, 0.05) is 0 Å². The lowest BCUT2D eigenvalue weighted by molar-refractivity contribution is 0.309. The van der Waals surface area contributed by atoms with E-state index in [1.807, 2.05) is 13.8 Å². The van der Waals surface area contributed by atoms with Crippen LogP contribution in [0.15, 0.2) is 12.1 Å². The summed E-state index contributed by atoms with van der Waals surface area (Å²) in [5, 5.41) is 0. The van der Waals surface area contributed by atoms with Gasteiger partial charge in [0.15, 0.2) is 11.6 Å². The number of benzene rings is 1. The highest BCUT2D eigenvalue weighted by Gasteiger charge is 2.16. The molecule has 0 aliphatic rings. The van der Waals surface area contributed by atoms with Crippen molar-refractivity contribution in [3.8, 4) is 5.75 Å². The van der Waals surface area contributed by atoms with Crippen LogP contribution in [0.1, 0.15) is 32.3 Å². The second-order valence-electron chi connectivity index (χ2n) is 3.37. The quantitative estimate of drug-likeness (QED) is 0.725. The van der Waals surface area contributed by atoms with Crippen LogP contribution >= 0.6 is 0 Å². The zero-order chi connectivity index (χ0) is 10.7. The summed E-state index contributed by atoms with van der Waals surface area (Å²) in [6, 6.07) is 2.70. The fourth-order valence-electron chi connectivity index (χ4n) is 1.29. The molecule has 1 nitrogen and oxygen atoms in total. The molecule has 0 unspecified atom stereocenters. The van der Waals surface area contributed by atoms with Gasteiger partial charge in [0.05, 0.1) is 6.61 Å². The molecule has 0 atom stereocenters. The van der Waals surface area contributed by atoms with Gasteiger partial charge in [-0.3, -0.25) is 0 Å². The first kappa shape index (κ1) is 11.0. The van der Waals surface area contributed by atoms with E-state index in [4.69, 9.17) is 4.74 Å². The Morgan fingerprint density at radius 2 is 1.93 bits per heavy atom. The Labute approximate surface area is 82.7 Å². The topological polar surface area (TPSA) is 9.23 Å². The van der Waals surface area contributed by atoms with E-state index in [0.717, 1.165) is 6.07 Å². The molecule has 0 bridgehead atoms. The Balaban J connectivity index is 3.22. The van der Waals surface area contributed by atoms with Gasteiger partial charge >= 0.3 is 0 Å². The molecule has 0 saturated heterocycles. The maximum Gasteiger partial charge on any atom is 0.200 e. The molecule has 0 aromatic heterocycles. The fraction of sp³-hybridized carbons (Fsp3) is 0.455. The minimum atomic E-state index is -0.891. The second-order valence-corrected chi connectivity index (χ2v) is 3.37. The van der Waals surface area contributed by atoms with Crippen molar-refractivity contribution in [2.75, 3.05) is 6.61 Å². The zero-order valence-electron chi connectivity index (χ0n) is 8.60. The summed E-state index contributed by atoms with van der Waals surface area (Å²) in [5.74, 6) is -1.59. The third-order valence-corrected chi connectivity index (χ3v) is 1.99. The van der Waals surface area contributed by atoms with Crippen LogP contribution in [0.25, 0.3) is 0 Å². The summed E-state index contributed by atoms with van der Waals surface area (Å²) >= 11 is 0. The van der Waals surface area contributed by atoms with Gasteiger partial charge in [-0.05, 0) is 24.5 Å². The fourth-order valence-corrected chi connectivity index (χ4v) is 1.29. The Hall–Kier alpha value is -1.12. The third kappa shape index (κ3) is 2.03. The van der Waals surface area contributed by atoms with Crippen molar-refractivity contribution >= 4 is 0 Å². The first-order chi connectivity index (χ1) is 6.57. The highest BCUT2D eigenvalue weighted by atomic mass is 19.2. The molecule has 0 radical (unpaired) electrons. The van der Waals surface area contributed by atoms with Crippen LogP contribution in [0.5, 0.6) is 5.75 Å². The van der Waals surface area contributed by atoms with Crippen LogP contribution in [-0.2, 0) is 0 Å². The average molecular weight is 200 g/mol. The lowest BCUT2D eigenvalue weighted by atomic mass is 10.0. The van der Waals surface area contributed by atoms with E-state index in [-0.39, 0.29) is 11.7 Å². The van der Waals surface area contributed by atoms with Crippen LogP contribution in [0.3, 0.4) is 0 Å². The summed E-state index contributed by atoms with van der Waals surface area (Å²) in [6.07, 6.45) is 0. The van der Waals surface area contributed by atoms with Gasteiger partial charge in [-0.25, -0.2) is 4.39 Å². The maximum absolute atomic E-state index is 13.3. The Bertz CT molecular complexity index is 321. The van der Waals surface area contributed by atoms with Crippen molar-refractivity contribution in [1.29, 1.82) is 0 Å². The summed E-state index contributed by atoms with van der Waals surface area (Å²) in [7, 11) is 0. The number of hydrogen-bond acceptors (Lipinski definition) is 1. The van der Waals surface area contributed by atoms with Gasteiger partial charge in [-0.2, -0.15) is 4.39 Å². The van der Waals surface area contributed by atoms with E-state index in [0.29, 0.717) is 12.2 Å². The van der Waals surface area contributed by atoms with Gasteiger partial charge in [-0.1, -0.05) is 19.9 Å². The van der Waals surface area contributed by atoms with Crippen LogP contribution in [0.4, 0.5) is 8.78 Å². The molecule has 3 heteroatoms. The van der Waals surface area contributed by atoms with Crippen molar-refractivity contribution in [1.82, 2.24) is 0 Å². The SMILES string of the molecule is CCOc1c(C(C)C)ccc(F)c1F. The monoisotopic (exact) mass is 200 g/mol. The molecule has 0 aliphatic carbocycles. The first-order valence-corrected chi connectivity index (χ1v) is 4.68. The van der Waals surface area contributed by atoms with Crippen molar-refractivity contribution in [3.05, 3.63) is 29.3 Å². The molecule has 1 aromatic carbocycles. The van der Waals surface area contributed by atoms with Crippen LogP contribution in [-0.4, -0.2) is 6.61 Å². The van der Waals surface area contributed by atoms with Crippen LogP contribution in [0, 0.1) is 11.6 Å². The van der Waals surface area contributed by atoms with E-state index < -0.39 is 11.6 Å². The Morgan fingerprint density at radius 3 is 2.43 bits per heavy atom. The van der Waals surface area contributed by atoms with Gasteiger partial charge < -0.3 is 4.74 Å². The van der Waals surface area contributed by atoms with Gasteiger partial charge in [0.1, 0.15) is 0 Å². The summed E-state index contributed by atoms with van der Waals surface area (Å²) in [4.78, 5) is 0. The first-order valence-electron chi connectivity index (χ1n) is 4.68. The van der Waals surface area contributed by atoms with Crippen LogP contribution in [0.2, 0.25) is 0 Å². The molecule has 0 N–H and O–H groups in total. The largest absolute Gasteiger partial charge is 0.490 e. The summed E-state index contributed by atoms with van der Waals surface area (Å²) < 4.78 is 31.3. The molecule has 0 saturated carbocycles. The molecule has 0 amide bonds. The lowest BCUT2D eigenvalue weighted by Gasteiger charge is -2.13. The Morgan fingerprint density at radius 1 is 1.29 bits per heavy atom. The minimum absolute atomic E-state index is 0.0440. The van der Waals surface area contributed by atoms with Gasteiger partial charge in [0.25, 0.3) is 0 Å². The van der Waals surface area contributed by atoms with Crippen molar-refractivity contribution in [3.63, 3.8) is 0 Å². The van der Waals surface area contributed by atoms with Gasteiger partial charge in [-0.15, -0.1) is 0 Å². The molecule has 0 spiro atoms. The number of ether oxygens (including phenoxy) is 1. The molecule has 1 rings (SSSR count). The summed E-state index contributed by atoms with van der Waals surface area (Å²) in [5.41, 5.74) is 0.700. The smallest absolute Gasteiger partial charge is 0.200 e. The molecule has 1 aromatic rings. The molecular weight excluding hydrogens is 186 g/mol. The van der Waals surface area contributed by atoms with E-state index in [1.165, 1.54) is 0 Å². The van der Waals surface area contributed by atoms with E-state index in [9.17, 15) is 8.78 Å². The molecule has 0 heterocycles. The van der Waals surface area contributed by atoms with E-state index in [1.54, 1.807) is 13.0 Å². The van der Waals surface area contributed by atoms with Crippen molar-refractivity contribution < 1.29 is 13.5 Å². The third-order valence-electron chi connectivity index (χ3n) is 1.99. The maximum atomic E-state index is 13.3. The van der Waals surface area contributed by atoms with Crippen molar-refractivity contribution in [2.24, 2.45) is 0 Å². The standard InChI is InChI=1S/C11H14F2O/c1-4-14-11-8(7(2)3)5-6-9(12)10(11)13/h5-7H,4H2,1-3H3. The van der Waals surface area contributed by atoms with Crippen molar-refractivity contribution in [2.45, 2.75) is 26.7 Å². The lowest BCUT2D eigenvalue weighted by Crippen LogP contribution is -2.02. The molecular formula is C11H14F2O. The van der Waals surface area contributed by atoms with E-state index in [2.05, 4.69) is 0 Å². The van der Waals surface area contributed by atoms with Crippen LogP contribution < -0.4 is 4.74 Å².